The van der Waals surface area contributed by atoms with Gasteiger partial charge < -0.3 is 5.32 Å². The quantitative estimate of drug-likeness (QED) is 0.663. The first-order valence-electron chi connectivity index (χ1n) is 7.89. The lowest BCUT2D eigenvalue weighted by Crippen LogP contribution is -2.14. The molecule has 2 heterocycles. The summed E-state index contributed by atoms with van der Waals surface area (Å²) in [6, 6.07) is 7.54. The van der Waals surface area contributed by atoms with Gasteiger partial charge >= 0.3 is 0 Å². The van der Waals surface area contributed by atoms with E-state index in [1.54, 1.807) is 17.5 Å². The van der Waals surface area contributed by atoms with Gasteiger partial charge in [-0.25, -0.2) is 9.97 Å². The fraction of sp³-hybridized carbons (Fsp3) is 0.235. The van der Waals surface area contributed by atoms with Crippen molar-refractivity contribution in [2.24, 2.45) is 0 Å². The van der Waals surface area contributed by atoms with Crippen molar-refractivity contribution >= 4 is 45.7 Å². The molecular formula is C17H15ClN4OS2. The third kappa shape index (κ3) is 3.73. The standard InChI is InChI=1S/C17H15ClN4OS2/c18-11-3-1-4-12(9-11)22-8-7-19-17(22)24-10-15(23)21-16-20-13-5-2-6-14(13)25-16/h1,3-4,7-9H,2,5-6,10H2,(H,20,21,23). The molecule has 3 aromatic rings. The van der Waals surface area contributed by atoms with Crippen LogP contribution in [-0.2, 0) is 17.6 Å². The van der Waals surface area contributed by atoms with E-state index < -0.39 is 0 Å². The molecule has 25 heavy (non-hydrogen) atoms. The number of rotatable bonds is 5. The second-order valence-electron chi connectivity index (χ2n) is 5.64. The number of amides is 1. The molecule has 8 heteroatoms. The highest BCUT2D eigenvalue weighted by atomic mass is 35.5. The highest BCUT2D eigenvalue weighted by Gasteiger charge is 2.18. The fourth-order valence-electron chi connectivity index (χ4n) is 2.75. The molecule has 4 rings (SSSR count). The molecule has 1 N–H and O–H groups in total. The Labute approximate surface area is 158 Å². The van der Waals surface area contributed by atoms with E-state index in [1.165, 1.54) is 23.1 Å². The molecule has 0 unspecified atom stereocenters. The van der Waals surface area contributed by atoms with Crippen molar-refractivity contribution in [1.82, 2.24) is 14.5 Å². The SMILES string of the molecule is O=C(CSc1nccn1-c1cccc(Cl)c1)Nc1nc2c(s1)CCC2. The Hall–Kier alpha value is -1.83. The molecule has 128 valence electrons. The average molecular weight is 391 g/mol. The summed E-state index contributed by atoms with van der Waals surface area (Å²) in [5, 5.41) is 5.01. The predicted octanol–water partition coefficient (Wildman–Crippen LogP) is 4.20. The Bertz CT molecular complexity index is 900. The van der Waals surface area contributed by atoms with Crippen molar-refractivity contribution in [3.05, 3.63) is 52.3 Å². The van der Waals surface area contributed by atoms with Crippen molar-refractivity contribution in [1.29, 1.82) is 0 Å². The maximum atomic E-state index is 12.2. The van der Waals surface area contributed by atoms with Crippen LogP contribution in [-0.4, -0.2) is 26.2 Å². The van der Waals surface area contributed by atoms with Gasteiger partial charge in [-0.15, -0.1) is 11.3 Å². The largest absolute Gasteiger partial charge is 0.301 e. The number of halogens is 1. The molecule has 1 amide bonds. The van der Waals surface area contributed by atoms with Crippen LogP contribution in [0.1, 0.15) is 17.0 Å². The number of anilines is 1. The van der Waals surface area contributed by atoms with Gasteiger partial charge in [0.05, 0.1) is 11.4 Å². The number of hydrogen-bond acceptors (Lipinski definition) is 5. The fourth-order valence-corrected chi connectivity index (χ4v) is 4.77. The number of nitrogens with one attached hydrogen (secondary N) is 1. The van der Waals surface area contributed by atoms with Gasteiger partial charge in [-0.3, -0.25) is 9.36 Å². The number of benzene rings is 1. The smallest absolute Gasteiger partial charge is 0.236 e. The maximum absolute atomic E-state index is 12.2. The molecule has 0 saturated carbocycles. The van der Waals surface area contributed by atoms with Crippen LogP contribution in [0.2, 0.25) is 5.02 Å². The summed E-state index contributed by atoms with van der Waals surface area (Å²) < 4.78 is 1.92. The lowest BCUT2D eigenvalue weighted by atomic mass is 10.3. The summed E-state index contributed by atoms with van der Waals surface area (Å²) in [6.45, 7) is 0. The first-order chi connectivity index (χ1) is 12.2. The Balaban J connectivity index is 1.40. The van der Waals surface area contributed by atoms with E-state index in [4.69, 9.17) is 11.6 Å². The third-order valence-corrected chi connectivity index (χ3v) is 6.14. The minimum Gasteiger partial charge on any atom is -0.301 e. The van der Waals surface area contributed by atoms with Gasteiger partial charge in [-0.1, -0.05) is 29.4 Å². The minimum absolute atomic E-state index is 0.0712. The molecule has 1 aromatic carbocycles. The Morgan fingerprint density at radius 2 is 2.32 bits per heavy atom. The lowest BCUT2D eigenvalue weighted by molar-refractivity contribution is -0.113. The number of thiazole rings is 1. The van der Waals surface area contributed by atoms with Crippen LogP contribution in [0.4, 0.5) is 5.13 Å². The monoisotopic (exact) mass is 390 g/mol. The highest BCUT2D eigenvalue weighted by Crippen LogP contribution is 2.30. The molecule has 0 radical (unpaired) electrons. The summed E-state index contributed by atoms with van der Waals surface area (Å²) >= 11 is 9.03. The first-order valence-corrected chi connectivity index (χ1v) is 10.1. The van der Waals surface area contributed by atoms with Crippen molar-refractivity contribution in [2.45, 2.75) is 24.4 Å². The molecule has 2 aromatic heterocycles. The van der Waals surface area contributed by atoms with Gasteiger partial charge in [-0.2, -0.15) is 0 Å². The van der Waals surface area contributed by atoms with E-state index in [2.05, 4.69) is 15.3 Å². The van der Waals surface area contributed by atoms with E-state index in [1.807, 2.05) is 35.0 Å². The van der Waals surface area contributed by atoms with E-state index in [0.29, 0.717) is 10.2 Å². The molecule has 1 aliphatic carbocycles. The van der Waals surface area contributed by atoms with Crippen LogP contribution in [0.25, 0.3) is 5.69 Å². The number of nitrogens with zero attached hydrogens (tertiary/aromatic N) is 3. The van der Waals surface area contributed by atoms with Gasteiger partial charge in [0.2, 0.25) is 5.91 Å². The molecule has 0 spiro atoms. The number of fused-ring (bicyclic) bond motifs is 1. The van der Waals surface area contributed by atoms with E-state index in [0.717, 1.165) is 29.4 Å². The van der Waals surface area contributed by atoms with Crippen molar-refractivity contribution in [3.63, 3.8) is 0 Å². The number of carbonyl (C=O) groups excluding carboxylic acids is 1. The van der Waals surface area contributed by atoms with Crippen LogP contribution >= 0.6 is 34.7 Å². The predicted molar refractivity (Wildman–Crippen MR) is 102 cm³/mol. The van der Waals surface area contributed by atoms with E-state index in [9.17, 15) is 4.79 Å². The third-order valence-electron chi connectivity index (χ3n) is 3.87. The van der Waals surface area contributed by atoms with Crippen LogP contribution in [0, 0.1) is 0 Å². The van der Waals surface area contributed by atoms with E-state index >= 15 is 0 Å². The topological polar surface area (TPSA) is 59.8 Å². The number of imidazole rings is 1. The molecule has 0 fully saturated rings. The van der Waals surface area contributed by atoms with Gasteiger partial charge in [0.25, 0.3) is 0 Å². The summed E-state index contributed by atoms with van der Waals surface area (Å²) in [5.74, 6) is 0.208. The zero-order valence-corrected chi connectivity index (χ0v) is 15.6. The Morgan fingerprint density at radius 3 is 3.16 bits per heavy atom. The maximum Gasteiger partial charge on any atom is 0.236 e. The summed E-state index contributed by atoms with van der Waals surface area (Å²) in [7, 11) is 0. The zero-order chi connectivity index (χ0) is 17.2. The van der Waals surface area contributed by atoms with Gasteiger partial charge in [0.1, 0.15) is 0 Å². The molecule has 0 aliphatic heterocycles. The average Bonchev–Trinajstić information content (AvgIpc) is 3.28. The first kappa shape index (κ1) is 16.6. The second kappa shape index (κ2) is 7.19. The number of aryl methyl sites for hydroxylation is 2. The number of thioether (sulfide) groups is 1. The normalized spacial score (nSPS) is 13.0. The number of carbonyl (C=O) groups is 1. The molecular weight excluding hydrogens is 376 g/mol. The number of hydrogen-bond donors (Lipinski definition) is 1. The van der Waals surface area contributed by atoms with Crippen molar-refractivity contribution in [2.75, 3.05) is 11.1 Å². The minimum atomic E-state index is -0.0712. The summed E-state index contributed by atoms with van der Waals surface area (Å²) in [4.78, 5) is 22.3. The van der Waals surface area contributed by atoms with Crippen molar-refractivity contribution in [3.8, 4) is 5.69 Å². The Morgan fingerprint density at radius 1 is 1.40 bits per heavy atom. The molecule has 0 atom stereocenters. The zero-order valence-electron chi connectivity index (χ0n) is 13.2. The lowest BCUT2D eigenvalue weighted by Gasteiger charge is -2.07. The van der Waals surface area contributed by atoms with Gasteiger partial charge in [0, 0.05) is 28.0 Å². The highest BCUT2D eigenvalue weighted by molar-refractivity contribution is 7.99. The van der Waals surface area contributed by atoms with Crippen LogP contribution in [0.15, 0.2) is 41.8 Å². The van der Waals surface area contributed by atoms with Gasteiger partial charge in [-0.05, 0) is 37.5 Å². The molecule has 0 saturated heterocycles. The van der Waals surface area contributed by atoms with Crippen LogP contribution < -0.4 is 5.32 Å². The van der Waals surface area contributed by atoms with Gasteiger partial charge in [0.15, 0.2) is 10.3 Å². The second-order valence-corrected chi connectivity index (χ2v) is 8.10. The molecule has 1 aliphatic rings. The summed E-state index contributed by atoms with van der Waals surface area (Å²) in [6.07, 6.45) is 6.84. The Kier molecular flexibility index (Phi) is 4.78. The summed E-state index contributed by atoms with van der Waals surface area (Å²) in [5.41, 5.74) is 2.06. The number of aromatic nitrogens is 3. The van der Waals surface area contributed by atoms with E-state index in [-0.39, 0.29) is 11.7 Å². The van der Waals surface area contributed by atoms with Crippen LogP contribution in [0.3, 0.4) is 0 Å². The molecule has 5 nitrogen and oxygen atoms in total. The molecule has 0 bridgehead atoms. The van der Waals surface area contributed by atoms with Crippen molar-refractivity contribution < 1.29 is 4.79 Å². The van der Waals surface area contributed by atoms with Crippen LogP contribution in [0.5, 0.6) is 0 Å².